The smallest absolute Gasteiger partial charge is 0.493 e. The quantitative estimate of drug-likeness (QED) is 0.172. The van der Waals surface area contributed by atoms with E-state index in [1.54, 1.807) is 0 Å². The van der Waals surface area contributed by atoms with Gasteiger partial charge < -0.3 is 18.4 Å². The first-order valence-electron chi connectivity index (χ1n) is 7.98. The minimum Gasteiger partial charge on any atom is -0.493 e. The van der Waals surface area contributed by atoms with Gasteiger partial charge in [0, 0.05) is 11.3 Å². The molecule has 1 aromatic carbocycles. The molecule has 1 aromatic rings. The van der Waals surface area contributed by atoms with Crippen LogP contribution in [0.25, 0.3) is 6.08 Å². The summed E-state index contributed by atoms with van der Waals surface area (Å²) in [4.78, 5) is 33.4. The lowest BCUT2D eigenvalue weighted by molar-refractivity contribution is -0.509. The lowest BCUT2D eigenvalue weighted by Gasteiger charge is -2.16. The van der Waals surface area contributed by atoms with Crippen LogP contribution in [0.15, 0.2) is 18.2 Å². The number of benzene rings is 1. The van der Waals surface area contributed by atoms with Gasteiger partial charge in [-0.2, -0.15) is 21.6 Å². The molecule has 1 atom stereocenters. The highest BCUT2D eigenvalue weighted by molar-refractivity contribution is 7.88. The summed E-state index contributed by atoms with van der Waals surface area (Å²) < 4.78 is 78.4. The highest BCUT2D eigenvalue weighted by Gasteiger charge is 2.49. The van der Waals surface area contributed by atoms with Crippen molar-refractivity contribution in [2.24, 2.45) is 0 Å². The van der Waals surface area contributed by atoms with Crippen molar-refractivity contribution in [2.75, 3.05) is 21.3 Å². The van der Waals surface area contributed by atoms with Gasteiger partial charge >= 0.3 is 33.6 Å². The maximum Gasteiger partial charge on any atom is 0.534 e. The molecule has 1 unspecified atom stereocenters. The van der Waals surface area contributed by atoms with E-state index in [9.17, 15) is 41.3 Å². The highest BCUT2D eigenvalue weighted by atomic mass is 32.2. The Morgan fingerprint density at radius 3 is 2.26 bits per heavy atom. The zero-order valence-electron chi connectivity index (χ0n) is 16.2. The first kappa shape index (κ1) is 25.7. The van der Waals surface area contributed by atoms with Crippen molar-refractivity contribution in [1.29, 1.82) is 0 Å². The second-order valence-electron chi connectivity index (χ2n) is 5.54. The Hall–Kier alpha value is -3.36. The summed E-state index contributed by atoms with van der Waals surface area (Å²) in [5.41, 5.74) is -6.47. The Balaban J connectivity index is 3.43. The monoisotopic (exact) mass is 471 g/mol. The molecular formula is C16H16F3NO10S. The summed E-state index contributed by atoms with van der Waals surface area (Å²) in [6.45, 7) is 0. The first-order chi connectivity index (χ1) is 14.3. The van der Waals surface area contributed by atoms with Gasteiger partial charge in [0.15, 0.2) is 11.5 Å². The van der Waals surface area contributed by atoms with E-state index in [2.05, 4.69) is 13.7 Å². The van der Waals surface area contributed by atoms with Crippen LogP contribution in [0.3, 0.4) is 0 Å². The van der Waals surface area contributed by atoms with Crippen LogP contribution < -0.4 is 8.92 Å². The molecule has 0 heterocycles. The highest BCUT2D eigenvalue weighted by Crippen LogP contribution is 2.37. The van der Waals surface area contributed by atoms with Crippen molar-refractivity contribution in [2.45, 2.75) is 18.0 Å². The largest absolute Gasteiger partial charge is 0.534 e. The number of rotatable bonds is 9. The molecular weight excluding hydrogens is 455 g/mol. The second-order valence-corrected chi connectivity index (χ2v) is 7.07. The predicted octanol–water partition coefficient (Wildman–Crippen LogP) is 1.93. The molecule has 0 aromatic heterocycles. The molecule has 0 radical (unpaired) electrons. The molecule has 0 bridgehead atoms. The van der Waals surface area contributed by atoms with Crippen LogP contribution in [0.4, 0.5) is 13.2 Å². The van der Waals surface area contributed by atoms with Crippen LogP contribution in [-0.2, 0) is 24.4 Å². The van der Waals surface area contributed by atoms with Crippen LogP contribution in [0.1, 0.15) is 22.3 Å². The number of carbonyl (C=O) groups is 2. The van der Waals surface area contributed by atoms with Gasteiger partial charge in [-0.1, -0.05) is 12.2 Å². The average Bonchev–Trinajstić information content (AvgIpc) is 2.69. The molecule has 1 rings (SSSR count). The standard InChI is InChI=1S/C16H16F3NO10S/c1-27-12-8-9(5-4-6-11(20(23)24)15(22)29-3)7-10(14(21)28-2)13(12)30-31(25,26)16(17,18)19/h4-5,7-8,11H,6H2,1-3H3/b5-4+. The maximum atomic E-state index is 12.7. The van der Waals surface area contributed by atoms with E-state index in [0.29, 0.717) is 0 Å². The molecule has 0 aliphatic carbocycles. The number of nitro groups is 1. The van der Waals surface area contributed by atoms with Crippen LogP contribution in [0.5, 0.6) is 11.5 Å². The minimum absolute atomic E-state index is 0.0426. The Labute approximate surface area is 173 Å². The SMILES string of the molecule is COC(=O)c1cc(/C=C/CC(C(=O)OC)[N+](=O)[O-])cc(OC)c1OS(=O)(=O)C(F)(F)F. The summed E-state index contributed by atoms with van der Waals surface area (Å²) in [5, 5.41) is 10.9. The Morgan fingerprint density at radius 1 is 1.19 bits per heavy atom. The molecule has 0 saturated carbocycles. The fourth-order valence-corrected chi connectivity index (χ4v) is 2.60. The molecule has 15 heteroatoms. The van der Waals surface area contributed by atoms with E-state index in [-0.39, 0.29) is 5.56 Å². The third-order valence-corrected chi connectivity index (χ3v) is 4.53. The average molecular weight is 471 g/mol. The van der Waals surface area contributed by atoms with Gasteiger partial charge in [-0.15, -0.1) is 0 Å². The van der Waals surface area contributed by atoms with Crippen molar-refractivity contribution >= 4 is 28.1 Å². The number of nitrogens with zero attached hydrogens (tertiary/aromatic N) is 1. The number of carbonyl (C=O) groups excluding carboxylic acids is 2. The lowest BCUT2D eigenvalue weighted by atomic mass is 10.1. The molecule has 0 fully saturated rings. The summed E-state index contributed by atoms with van der Waals surface area (Å²) in [7, 11) is -3.33. The van der Waals surface area contributed by atoms with Gasteiger partial charge in [0.05, 0.1) is 21.3 Å². The number of hydrogen-bond acceptors (Lipinski definition) is 10. The number of esters is 2. The fraction of sp³-hybridized carbons (Fsp3) is 0.375. The predicted molar refractivity (Wildman–Crippen MR) is 96.4 cm³/mol. The summed E-state index contributed by atoms with van der Waals surface area (Å²) in [5.74, 6) is -4.00. The Kier molecular flexibility index (Phi) is 8.37. The van der Waals surface area contributed by atoms with Gasteiger partial charge in [0.25, 0.3) is 0 Å². The van der Waals surface area contributed by atoms with Crippen LogP contribution in [0, 0.1) is 10.1 Å². The molecule has 0 saturated heterocycles. The lowest BCUT2D eigenvalue weighted by Crippen LogP contribution is -2.29. The van der Waals surface area contributed by atoms with Crippen LogP contribution >= 0.6 is 0 Å². The second kappa shape index (κ2) is 10.1. The molecule has 0 aliphatic rings. The Morgan fingerprint density at radius 2 is 1.81 bits per heavy atom. The topological polar surface area (TPSA) is 148 Å². The third-order valence-electron chi connectivity index (χ3n) is 3.58. The van der Waals surface area contributed by atoms with E-state index < -0.39 is 62.0 Å². The fourth-order valence-electron chi connectivity index (χ4n) is 2.11. The molecule has 11 nitrogen and oxygen atoms in total. The zero-order valence-corrected chi connectivity index (χ0v) is 17.0. The number of methoxy groups -OCH3 is 3. The van der Waals surface area contributed by atoms with E-state index in [1.165, 1.54) is 6.08 Å². The molecule has 0 aliphatic heterocycles. The molecule has 31 heavy (non-hydrogen) atoms. The Bertz CT molecular complexity index is 988. The summed E-state index contributed by atoms with van der Waals surface area (Å²) in [6, 6.07) is 0.192. The van der Waals surface area contributed by atoms with E-state index in [4.69, 9.17) is 4.74 Å². The number of ether oxygens (including phenoxy) is 3. The van der Waals surface area contributed by atoms with Crippen LogP contribution in [-0.4, -0.2) is 58.2 Å². The van der Waals surface area contributed by atoms with Crippen molar-refractivity contribution in [3.8, 4) is 11.5 Å². The van der Waals surface area contributed by atoms with Gasteiger partial charge in [0.2, 0.25) is 0 Å². The summed E-state index contributed by atoms with van der Waals surface area (Å²) in [6.07, 6.45) is 1.92. The third kappa shape index (κ3) is 6.31. The van der Waals surface area contributed by atoms with Crippen molar-refractivity contribution in [3.63, 3.8) is 0 Å². The van der Waals surface area contributed by atoms with E-state index >= 15 is 0 Å². The van der Waals surface area contributed by atoms with E-state index in [1.807, 2.05) is 0 Å². The van der Waals surface area contributed by atoms with E-state index in [0.717, 1.165) is 39.5 Å². The number of alkyl halides is 3. The van der Waals surface area contributed by atoms with Crippen molar-refractivity contribution in [3.05, 3.63) is 39.4 Å². The van der Waals surface area contributed by atoms with Gasteiger partial charge in [-0.25, -0.2) is 9.59 Å². The normalized spacial score (nSPS) is 12.8. The molecule has 0 N–H and O–H groups in total. The summed E-state index contributed by atoms with van der Waals surface area (Å²) >= 11 is 0. The zero-order chi connectivity index (χ0) is 24.0. The van der Waals surface area contributed by atoms with Gasteiger partial charge in [-0.05, 0) is 17.7 Å². The van der Waals surface area contributed by atoms with Gasteiger partial charge in [0.1, 0.15) is 5.56 Å². The van der Waals surface area contributed by atoms with Crippen molar-refractivity contribution < 1.29 is 54.5 Å². The van der Waals surface area contributed by atoms with Gasteiger partial charge in [-0.3, -0.25) is 10.1 Å². The number of halogens is 3. The molecule has 172 valence electrons. The molecule has 0 spiro atoms. The van der Waals surface area contributed by atoms with Crippen LogP contribution in [0.2, 0.25) is 0 Å². The number of hydrogen-bond donors (Lipinski definition) is 0. The van der Waals surface area contributed by atoms with Crippen molar-refractivity contribution in [1.82, 2.24) is 0 Å². The maximum absolute atomic E-state index is 12.7. The first-order valence-corrected chi connectivity index (χ1v) is 9.38. The minimum atomic E-state index is -6.14. The molecule has 0 amide bonds.